The zero-order valence-corrected chi connectivity index (χ0v) is 22.6. The van der Waals surface area contributed by atoms with Crippen LogP contribution in [0.5, 0.6) is 5.75 Å². The first-order valence-corrected chi connectivity index (χ1v) is 12.6. The number of nitrogens with zero attached hydrogens (tertiary/aromatic N) is 6. The quantitative estimate of drug-likeness (QED) is 0.384. The maximum Gasteiger partial charge on any atom is 0.270 e. The van der Waals surface area contributed by atoms with Crippen molar-refractivity contribution in [3.05, 3.63) is 63.6 Å². The fourth-order valence-electron chi connectivity index (χ4n) is 4.40. The summed E-state index contributed by atoms with van der Waals surface area (Å²) in [6, 6.07) is 14.5. The second-order valence-electron chi connectivity index (χ2n) is 10.3. The van der Waals surface area contributed by atoms with Crippen molar-refractivity contribution in [1.82, 2.24) is 9.55 Å². The number of fused-ring (bicyclic) bond motifs is 1. The fourth-order valence-corrected chi connectivity index (χ4v) is 4.40. The van der Waals surface area contributed by atoms with Gasteiger partial charge in [0.25, 0.3) is 5.56 Å². The van der Waals surface area contributed by atoms with E-state index in [9.17, 15) is 10.1 Å². The maximum absolute atomic E-state index is 12.6. The van der Waals surface area contributed by atoms with Crippen molar-refractivity contribution in [3.8, 4) is 17.9 Å². The van der Waals surface area contributed by atoms with Crippen LogP contribution in [0.4, 0.5) is 5.69 Å². The smallest absolute Gasteiger partial charge is 0.270 e. The largest absolute Gasteiger partial charge is 0.508 e. The van der Waals surface area contributed by atoms with E-state index in [0.717, 1.165) is 31.2 Å². The molecule has 0 unspecified atom stereocenters. The van der Waals surface area contributed by atoms with Gasteiger partial charge in [-0.3, -0.25) is 4.79 Å². The number of benzene rings is 1. The van der Waals surface area contributed by atoms with Crippen LogP contribution < -0.4 is 10.5 Å². The Morgan fingerprint density at radius 1 is 1.16 bits per heavy atom. The number of phenolic OH excluding ortho intramolecular Hbond substituents is 1. The Hall–Kier alpha value is -4.37. The summed E-state index contributed by atoms with van der Waals surface area (Å²) in [5, 5.41) is 31.7. The first-order chi connectivity index (χ1) is 18.1. The fraction of sp³-hybridized carbons (Fsp3) is 0.414. The zero-order valence-electron chi connectivity index (χ0n) is 22.6. The van der Waals surface area contributed by atoms with E-state index in [1.807, 2.05) is 44.9 Å². The number of pyridine rings is 2. The summed E-state index contributed by atoms with van der Waals surface area (Å²) < 4.78 is 1.43. The second kappa shape index (κ2) is 12.2. The minimum absolute atomic E-state index is 0.0978. The van der Waals surface area contributed by atoms with E-state index in [1.165, 1.54) is 11.0 Å². The number of aromatic hydroxyl groups is 1. The maximum atomic E-state index is 12.6. The van der Waals surface area contributed by atoms with Crippen molar-refractivity contribution in [2.75, 3.05) is 11.9 Å². The number of hydrogen-bond donors (Lipinski definition) is 1. The molecule has 4 rings (SSSR count). The minimum Gasteiger partial charge on any atom is -0.508 e. The third kappa shape index (κ3) is 6.89. The van der Waals surface area contributed by atoms with E-state index in [4.69, 9.17) is 15.2 Å². The molecule has 0 atom stereocenters. The molecule has 0 saturated heterocycles. The summed E-state index contributed by atoms with van der Waals surface area (Å²) in [6.45, 7) is 5.77. The third-order valence-electron chi connectivity index (χ3n) is 6.31. The topological polar surface area (TPSA) is 128 Å². The van der Waals surface area contributed by atoms with Gasteiger partial charge in [0.05, 0.1) is 17.4 Å². The Labute approximate surface area is 223 Å². The molecule has 1 N–H and O–H groups in total. The summed E-state index contributed by atoms with van der Waals surface area (Å²) in [4.78, 5) is 24.2. The van der Waals surface area contributed by atoms with Crippen LogP contribution in [-0.4, -0.2) is 39.6 Å². The monoisotopic (exact) mass is 514 g/mol. The highest BCUT2D eigenvalue weighted by molar-refractivity contribution is 5.92. The van der Waals surface area contributed by atoms with Gasteiger partial charge >= 0.3 is 0 Å². The predicted octanol–water partition coefficient (Wildman–Crippen LogP) is 4.99. The molecule has 1 aromatic carbocycles. The molecule has 38 heavy (non-hydrogen) atoms. The number of aromatic nitrogens is 2. The van der Waals surface area contributed by atoms with E-state index in [0.29, 0.717) is 16.7 Å². The summed E-state index contributed by atoms with van der Waals surface area (Å²) in [5.41, 5.74) is 2.32. The van der Waals surface area contributed by atoms with Crippen LogP contribution in [0.3, 0.4) is 0 Å². The van der Waals surface area contributed by atoms with Gasteiger partial charge in [-0.1, -0.05) is 36.6 Å². The molecule has 9 nitrogen and oxygen atoms in total. The number of anilines is 1. The van der Waals surface area contributed by atoms with Crippen molar-refractivity contribution in [3.63, 3.8) is 0 Å². The molecule has 1 saturated carbocycles. The van der Waals surface area contributed by atoms with Gasteiger partial charge in [-0.05, 0) is 63.4 Å². The minimum atomic E-state index is -0.325. The summed E-state index contributed by atoms with van der Waals surface area (Å²) in [6.07, 6.45) is 7.17. The van der Waals surface area contributed by atoms with Crippen LogP contribution in [0.25, 0.3) is 11.0 Å². The zero-order chi connectivity index (χ0) is 27.9. The van der Waals surface area contributed by atoms with Crippen molar-refractivity contribution in [1.29, 1.82) is 10.5 Å². The Morgan fingerprint density at radius 3 is 2.47 bits per heavy atom. The molecule has 1 aliphatic carbocycles. The summed E-state index contributed by atoms with van der Waals surface area (Å²) >= 11 is 0. The molecule has 2 heterocycles. The number of rotatable bonds is 4. The Bertz CT molecular complexity index is 1450. The van der Waals surface area contributed by atoms with E-state index in [1.54, 1.807) is 43.6 Å². The van der Waals surface area contributed by atoms with Crippen molar-refractivity contribution in [2.45, 2.75) is 64.5 Å². The molecule has 0 aliphatic heterocycles. The number of oxime groups is 1. The molecule has 0 bridgehead atoms. The van der Waals surface area contributed by atoms with Gasteiger partial charge in [0, 0.05) is 20.1 Å². The molecule has 1 fully saturated rings. The van der Waals surface area contributed by atoms with Crippen molar-refractivity contribution >= 4 is 22.9 Å². The van der Waals surface area contributed by atoms with Crippen LogP contribution in [0.15, 0.2) is 46.3 Å². The SMILES string of the molecule is CC(C)(C)O/N=C\c1cccc(O)c1.CN(c1c(C#N)c(=O)n(C)c2ccc(C#N)nc12)C1CCCCC1. The van der Waals surface area contributed by atoms with Gasteiger partial charge in [-0.15, -0.1) is 0 Å². The van der Waals surface area contributed by atoms with Crippen LogP contribution in [0.2, 0.25) is 0 Å². The molecule has 1 aliphatic rings. The molecular weight excluding hydrogens is 480 g/mol. The molecule has 9 heteroatoms. The van der Waals surface area contributed by atoms with Gasteiger partial charge in [0.1, 0.15) is 40.3 Å². The lowest BCUT2D eigenvalue weighted by Crippen LogP contribution is -2.36. The lowest BCUT2D eigenvalue weighted by molar-refractivity contribution is 0.00199. The molecule has 0 radical (unpaired) electrons. The number of phenols is 1. The van der Waals surface area contributed by atoms with Crippen LogP contribution in [-0.2, 0) is 11.9 Å². The van der Waals surface area contributed by atoms with E-state index < -0.39 is 0 Å². The molecular formula is C29H34N6O3. The van der Waals surface area contributed by atoms with Gasteiger partial charge in [0.15, 0.2) is 0 Å². The Morgan fingerprint density at radius 2 is 1.87 bits per heavy atom. The Balaban J connectivity index is 0.000000244. The highest BCUT2D eigenvalue weighted by Gasteiger charge is 2.25. The van der Waals surface area contributed by atoms with Crippen molar-refractivity contribution < 1.29 is 9.94 Å². The van der Waals surface area contributed by atoms with Gasteiger partial charge in [-0.25, -0.2) is 4.98 Å². The standard InChI is InChI=1S/C18H19N5O.C11H15NO2/c1-22(13-6-4-3-5-7-13)17-14(11-20)18(24)23(2)15-9-8-12(10-19)21-16(15)17;1-11(2,3)14-12-8-9-5-4-6-10(13)7-9/h8-9,13H,3-7H2,1-2H3;4-8,13H,1-3H3/b;12-8-. The van der Waals surface area contributed by atoms with Crippen LogP contribution in [0.1, 0.15) is 69.7 Å². The number of hydrogen-bond acceptors (Lipinski definition) is 8. The molecule has 2 aromatic heterocycles. The average molecular weight is 515 g/mol. The van der Waals surface area contributed by atoms with Gasteiger partial charge < -0.3 is 19.4 Å². The van der Waals surface area contributed by atoms with Crippen molar-refractivity contribution in [2.24, 2.45) is 12.2 Å². The number of nitriles is 2. The second-order valence-corrected chi connectivity index (χ2v) is 10.3. The first kappa shape index (κ1) is 28.2. The lowest BCUT2D eigenvalue weighted by Gasteiger charge is -2.33. The van der Waals surface area contributed by atoms with E-state index >= 15 is 0 Å². The summed E-state index contributed by atoms with van der Waals surface area (Å²) in [7, 11) is 3.55. The highest BCUT2D eigenvalue weighted by atomic mass is 16.6. The molecule has 0 spiro atoms. The Kier molecular flexibility index (Phi) is 9.09. The van der Waals surface area contributed by atoms with Crippen LogP contribution in [0, 0.1) is 22.7 Å². The van der Waals surface area contributed by atoms with Gasteiger partial charge in [-0.2, -0.15) is 10.5 Å². The average Bonchev–Trinajstić information content (AvgIpc) is 2.90. The molecule has 3 aromatic rings. The third-order valence-corrected chi connectivity index (χ3v) is 6.31. The highest BCUT2D eigenvalue weighted by Crippen LogP contribution is 2.32. The number of aryl methyl sites for hydroxylation is 1. The molecule has 0 amide bonds. The molecule has 198 valence electrons. The van der Waals surface area contributed by atoms with Gasteiger partial charge in [0.2, 0.25) is 0 Å². The lowest BCUT2D eigenvalue weighted by atomic mass is 9.93. The van der Waals surface area contributed by atoms with Crippen LogP contribution >= 0.6 is 0 Å². The normalized spacial score (nSPS) is 13.9. The first-order valence-electron chi connectivity index (χ1n) is 12.6. The van der Waals surface area contributed by atoms with E-state index in [2.05, 4.69) is 16.2 Å². The van der Waals surface area contributed by atoms with E-state index in [-0.39, 0.29) is 34.2 Å². The predicted molar refractivity (Wildman–Crippen MR) is 148 cm³/mol. The summed E-state index contributed by atoms with van der Waals surface area (Å²) in [5.74, 6) is 0.227.